The van der Waals surface area contributed by atoms with Crippen LogP contribution in [0.5, 0.6) is 0 Å². The molecule has 0 aromatic carbocycles. The van der Waals surface area contributed by atoms with E-state index in [1.165, 1.54) is 0 Å². The molecule has 0 spiro atoms. The Bertz CT molecular complexity index is 81.6. The molecule has 0 aliphatic carbocycles. The van der Waals surface area contributed by atoms with Gasteiger partial charge in [-0.25, -0.2) is 0 Å². The van der Waals surface area contributed by atoms with E-state index in [4.69, 9.17) is 4.12 Å². The van der Waals surface area contributed by atoms with Crippen molar-refractivity contribution in [3.63, 3.8) is 0 Å². The molecule has 0 atom stereocenters. The van der Waals surface area contributed by atoms with Crippen molar-refractivity contribution in [2.45, 2.75) is 40.0 Å². The van der Waals surface area contributed by atoms with Crippen LogP contribution in [0.4, 0.5) is 0 Å². The fourth-order valence-corrected chi connectivity index (χ4v) is 4.15. The van der Waals surface area contributed by atoms with Crippen molar-refractivity contribution in [1.82, 2.24) is 5.32 Å². The normalized spacial score (nSPS) is 11.5. The van der Waals surface area contributed by atoms with Crippen molar-refractivity contribution < 1.29 is 4.12 Å². The minimum atomic E-state index is -1.10. The summed E-state index contributed by atoms with van der Waals surface area (Å²) in [5, 5.41) is 3.11. The van der Waals surface area contributed by atoms with Crippen LogP contribution in [0, 0.1) is 0 Å². The summed E-state index contributed by atoms with van der Waals surface area (Å²) in [6, 6.07) is 0. The molecule has 0 heterocycles. The van der Waals surface area contributed by atoms with Crippen molar-refractivity contribution in [3.05, 3.63) is 0 Å². The van der Waals surface area contributed by atoms with Gasteiger partial charge in [-0.1, -0.05) is 20.4 Å². The first kappa shape index (κ1) is 14.9. The van der Waals surface area contributed by atoms with E-state index in [0.717, 1.165) is 13.1 Å². The SMILES string of the molecule is CCNCC.C[SiH2]O[Si](C)(C)C. The lowest BCUT2D eigenvalue weighted by molar-refractivity contribution is 0.603. The second kappa shape index (κ2) is 9.44. The molecule has 76 valence electrons. The van der Waals surface area contributed by atoms with Gasteiger partial charge in [0.25, 0.3) is 0 Å². The zero-order chi connectivity index (χ0) is 10.0. The van der Waals surface area contributed by atoms with Crippen molar-refractivity contribution in [3.8, 4) is 0 Å². The minimum absolute atomic E-state index is 0.128. The summed E-state index contributed by atoms with van der Waals surface area (Å²) in [7, 11) is -1.22. The number of hydrogen-bond donors (Lipinski definition) is 1. The van der Waals surface area contributed by atoms with Crippen LogP contribution in [-0.2, 0) is 4.12 Å². The predicted molar refractivity (Wildman–Crippen MR) is 63.1 cm³/mol. The molecule has 0 aliphatic heterocycles. The van der Waals surface area contributed by atoms with E-state index < -0.39 is 8.32 Å². The van der Waals surface area contributed by atoms with Crippen LogP contribution in [-0.4, -0.2) is 31.2 Å². The summed E-state index contributed by atoms with van der Waals surface area (Å²) in [4.78, 5) is 0. The fourth-order valence-electron chi connectivity index (χ4n) is 0.683. The van der Waals surface area contributed by atoms with E-state index in [2.05, 4.69) is 45.4 Å². The third-order valence-electron chi connectivity index (χ3n) is 1.08. The Morgan fingerprint density at radius 1 is 1.17 bits per heavy atom. The molecule has 0 radical (unpaired) electrons. The van der Waals surface area contributed by atoms with Gasteiger partial charge in [0.1, 0.15) is 9.76 Å². The highest BCUT2D eigenvalue weighted by atomic mass is 28.4. The molecule has 0 saturated carbocycles. The average molecular weight is 207 g/mol. The lowest BCUT2D eigenvalue weighted by Gasteiger charge is -2.14. The lowest BCUT2D eigenvalue weighted by Crippen LogP contribution is -2.26. The summed E-state index contributed by atoms with van der Waals surface area (Å²) in [6.07, 6.45) is 0. The van der Waals surface area contributed by atoms with Crippen molar-refractivity contribution in [1.29, 1.82) is 0 Å². The van der Waals surface area contributed by atoms with Gasteiger partial charge in [0.2, 0.25) is 0 Å². The van der Waals surface area contributed by atoms with E-state index in [1.807, 2.05) is 0 Å². The molecule has 0 unspecified atom stereocenters. The second-order valence-corrected chi connectivity index (χ2v) is 9.46. The molecule has 2 nitrogen and oxygen atoms in total. The third-order valence-corrected chi connectivity index (χ3v) is 5.70. The highest BCUT2D eigenvalue weighted by Crippen LogP contribution is 1.99. The molecule has 0 amide bonds. The number of nitrogens with one attached hydrogen (secondary N) is 1. The molecule has 0 saturated heterocycles. The molecule has 4 heteroatoms. The van der Waals surface area contributed by atoms with Crippen LogP contribution in [0.1, 0.15) is 13.8 Å². The van der Waals surface area contributed by atoms with E-state index in [1.54, 1.807) is 0 Å². The van der Waals surface area contributed by atoms with Gasteiger partial charge in [-0.2, -0.15) is 0 Å². The van der Waals surface area contributed by atoms with Crippen molar-refractivity contribution in [2.75, 3.05) is 13.1 Å². The molecule has 0 aromatic heterocycles. The standard InChI is InChI=1S/C4H11N.C4H14OSi2/c1-3-5-4-2;1-6-5-7(2,3)4/h5H,3-4H2,1-2H3;6H2,1-4H3. The smallest absolute Gasteiger partial charge is 0.169 e. The van der Waals surface area contributed by atoms with Gasteiger partial charge in [-0.3, -0.25) is 0 Å². The molecule has 1 N–H and O–H groups in total. The van der Waals surface area contributed by atoms with Crippen LogP contribution in [0.15, 0.2) is 0 Å². The first-order valence-electron chi connectivity index (χ1n) is 4.82. The molecule has 0 rings (SSSR count). The predicted octanol–water partition coefficient (Wildman–Crippen LogP) is 1.59. The van der Waals surface area contributed by atoms with Gasteiger partial charge >= 0.3 is 0 Å². The Labute approximate surface area is 81.2 Å². The Hall–Kier alpha value is 0.354. The Morgan fingerprint density at radius 3 is 1.58 bits per heavy atom. The topological polar surface area (TPSA) is 21.3 Å². The van der Waals surface area contributed by atoms with Gasteiger partial charge in [-0.05, 0) is 32.7 Å². The van der Waals surface area contributed by atoms with Gasteiger partial charge in [0.15, 0.2) is 8.32 Å². The van der Waals surface area contributed by atoms with Crippen LogP contribution < -0.4 is 5.32 Å². The van der Waals surface area contributed by atoms with E-state index in [0.29, 0.717) is 0 Å². The first-order chi connectivity index (χ1) is 5.47. The highest BCUT2D eigenvalue weighted by Gasteiger charge is 2.10. The van der Waals surface area contributed by atoms with Crippen molar-refractivity contribution >= 4 is 18.1 Å². The van der Waals surface area contributed by atoms with Gasteiger partial charge in [-0.15, -0.1) is 0 Å². The maximum atomic E-state index is 5.51. The van der Waals surface area contributed by atoms with Gasteiger partial charge in [0, 0.05) is 0 Å². The molecular weight excluding hydrogens is 182 g/mol. The average Bonchev–Trinajstić information content (AvgIpc) is 1.87. The summed E-state index contributed by atoms with van der Waals surface area (Å²) >= 11 is 0. The third kappa shape index (κ3) is 22.4. The molecule has 0 bridgehead atoms. The molecular formula is C8H25NOSi2. The molecule has 0 aliphatic rings. The zero-order valence-electron chi connectivity index (χ0n) is 9.53. The second-order valence-electron chi connectivity index (χ2n) is 3.50. The van der Waals surface area contributed by atoms with Crippen LogP contribution >= 0.6 is 0 Å². The quantitative estimate of drug-likeness (QED) is 0.707. The van der Waals surface area contributed by atoms with Gasteiger partial charge in [0.05, 0.1) is 0 Å². The summed E-state index contributed by atoms with van der Waals surface area (Å²) in [6.45, 7) is 15.2. The Kier molecular flexibility index (Phi) is 11.7. The molecule has 12 heavy (non-hydrogen) atoms. The van der Waals surface area contributed by atoms with Crippen LogP contribution in [0.2, 0.25) is 26.2 Å². The fraction of sp³-hybridized carbons (Fsp3) is 1.00. The van der Waals surface area contributed by atoms with E-state index in [-0.39, 0.29) is 9.76 Å². The number of rotatable bonds is 4. The largest absolute Gasteiger partial charge is 0.461 e. The maximum Gasteiger partial charge on any atom is 0.169 e. The number of hydrogen-bond acceptors (Lipinski definition) is 2. The van der Waals surface area contributed by atoms with Crippen LogP contribution in [0.3, 0.4) is 0 Å². The Morgan fingerprint density at radius 2 is 1.58 bits per heavy atom. The summed E-state index contributed by atoms with van der Waals surface area (Å²) in [5.74, 6) is 0. The lowest BCUT2D eigenvalue weighted by atomic mass is 10.7. The summed E-state index contributed by atoms with van der Waals surface area (Å²) in [5.41, 5.74) is 0. The first-order valence-corrected chi connectivity index (χ1v) is 10.2. The van der Waals surface area contributed by atoms with Crippen molar-refractivity contribution in [2.24, 2.45) is 0 Å². The minimum Gasteiger partial charge on any atom is -0.461 e. The maximum absolute atomic E-state index is 5.51. The molecule has 0 aromatic rings. The van der Waals surface area contributed by atoms with E-state index in [9.17, 15) is 0 Å². The van der Waals surface area contributed by atoms with E-state index >= 15 is 0 Å². The Balaban J connectivity index is 0. The zero-order valence-corrected chi connectivity index (χ0v) is 11.9. The van der Waals surface area contributed by atoms with Gasteiger partial charge < -0.3 is 9.43 Å². The summed E-state index contributed by atoms with van der Waals surface area (Å²) < 4.78 is 5.51. The van der Waals surface area contributed by atoms with Crippen LogP contribution in [0.25, 0.3) is 0 Å². The molecule has 0 fully saturated rings. The monoisotopic (exact) mass is 207 g/mol. The highest BCUT2D eigenvalue weighted by molar-refractivity contribution is 6.73.